The average Bonchev–Trinajstić information content (AvgIpc) is 3.73. The molecule has 202 valence electrons. The predicted molar refractivity (Wildman–Crippen MR) is 151 cm³/mol. The number of nitrogens with zero attached hydrogens (tertiary/aromatic N) is 3. The van der Waals surface area contributed by atoms with Crippen LogP contribution in [0.2, 0.25) is 0 Å². The van der Waals surface area contributed by atoms with Crippen LogP contribution in [0.5, 0.6) is 0 Å². The van der Waals surface area contributed by atoms with Gasteiger partial charge in [0.2, 0.25) is 0 Å². The number of hydrogen-bond donors (Lipinski definition) is 0. The fourth-order valence-electron chi connectivity index (χ4n) is 6.39. The second kappa shape index (κ2) is 10.9. The smallest absolute Gasteiger partial charge is 0.418 e. The van der Waals surface area contributed by atoms with E-state index in [1.165, 1.54) is 22.8 Å². The standard InChI is InChI=1S/C31H32FN3O3S/c1-38-31(37)35-15-11-23-3-2-4-27(29(23)35)30(36)34-18-25(28(19-34)24-12-16-39-20-24)17-33-13-9-22(10-14-33)21-5-7-26(32)8-6-21/h2-8,11-12,15-16,20,22,25,28H,9-10,13-14,17-19H2,1H3/t25-,28+/m1/s1. The maximum atomic E-state index is 13.9. The monoisotopic (exact) mass is 545 g/mol. The molecule has 2 aliphatic rings. The third-order valence-corrected chi connectivity index (χ3v) is 9.14. The molecule has 0 N–H and O–H groups in total. The summed E-state index contributed by atoms with van der Waals surface area (Å²) < 4.78 is 19.7. The number of methoxy groups -OCH3 is 1. The minimum Gasteiger partial charge on any atom is -0.452 e. The largest absolute Gasteiger partial charge is 0.452 e. The van der Waals surface area contributed by atoms with Crippen LogP contribution in [0.4, 0.5) is 9.18 Å². The van der Waals surface area contributed by atoms with Crippen molar-refractivity contribution in [1.29, 1.82) is 0 Å². The van der Waals surface area contributed by atoms with Crippen molar-refractivity contribution in [3.63, 3.8) is 0 Å². The van der Waals surface area contributed by atoms with Gasteiger partial charge in [-0.2, -0.15) is 11.3 Å². The summed E-state index contributed by atoms with van der Waals surface area (Å²) in [6.45, 7) is 4.25. The van der Waals surface area contributed by atoms with Gasteiger partial charge in [0.15, 0.2) is 0 Å². The number of likely N-dealkylation sites (tertiary alicyclic amines) is 2. The summed E-state index contributed by atoms with van der Waals surface area (Å²) in [4.78, 5) is 30.8. The Morgan fingerprint density at radius 2 is 1.79 bits per heavy atom. The van der Waals surface area contributed by atoms with Gasteiger partial charge in [-0.05, 0) is 90.0 Å². The molecule has 2 aromatic heterocycles. The quantitative estimate of drug-likeness (QED) is 0.300. The normalized spacial score (nSPS) is 20.5. The summed E-state index contributed by atoms with van der Waals surface area (Å²) in [5.74, 6) is 0.801. The highest BCUT2D eigenvalue weighted by Crippen LogP contribution is 2.37. The fourth-order valence-corrected chi connectivity index (χ4v) is 7.11. The van der Waals surface area contributed by atoms with Gasteiger partial charge in [0.05, 0.1) is 18.2 Å². The molecule has 2 fully saturated rings. The lowest BCUT2D eigenvalue weighted by Gasteiger charge is -2.34. The predicted octanol–water partition coefficient (Wildman–Crippen LogP) is 6.19. The van der Waals surface area contributed by atoms with Gasteiger partial charge in [-0.3, -0.25) is 9.36 Å². The van der Waals surface area contributed by atoms with E-state index in [9.17, 15) is 14.0 Å². The average molecular weight is 546 g/mol. The first-order chi connectivity index (χ1) is 19.0. The molecule has 2 aromatic carbocycles. The van der Waals surface area contributed by atoms with E-state index >= 15 is 0 Å². The van der Waals surface area contributed by atoms with Crippen LogP contribution >= 0.6 is 11.3 Å². The van der Waals surface area contributed by atoms with Gasteiger partial charge in [0, 0.05) is 37.1 Å². The minimum absolute atomic E-state index is 0.0535. The van der Waals surface area contributed by atoms with E-state index in [1.54, 1.807) is 35.7 Å². The fraction of sp³-hybridized carbons (Fsp3) is 0.355. The first-order valence-corrected chi connectivity index (χ1v) is 14.4. The molecule has 4 heterocycles. The van der Waals surface area contributed by atoms with E-state index in [-0.39, 0.29) is 17.6 Å². The van der Waals surface area contributed by atoms with Gasteiger partial charge >= 0.3 is 6.09 Å². The molecule has 0 aliphatic carbocycles. The van der Waals surface area contributed by atoms with Crippen LogP contribution in [0, 0.1) is 11.7 Å². The zero-order valence-corrected chi connectivity index (χ0v) is 22.8. The van der Waals surface area contributed by atoms with E-state index in [0.29, 0.717) is 36.0 Å². The number of amides is 1. The number of fused-ring (bicyclic) bond motifs is 1. The molecule has 2 aliphatic heterocycles. The third kappa shape index (κ3) is 5.11. The van der Waals surface area contributed by atoms with Gasteiger partial charge in [-0.25, -0.2) is 9.18 Å². The summed E-state index contributed by atoms with van der Waals surface area (Å²) >= 11 is 1.69. The van der Waals surface area contributed by atoms with Crippen molar-refractivity contribution in [2.75, 3.05) is 39.8 Å². The van der Waals surface area contributed by atoms with Crippen LogP contribution in [0.15, 0.2) is 71.6 Å². The summed E-state index contributed by atoms with van der Waals surface area (Å²) in [6.07, 6.45) is 3.25. The summed E-state index contributed by atoms with van der Waals surface area (Å²) in [7, 11) is 1.34. The number of piperidine rings is 1. The number of hydrogen-bond acceptors (Lipinski definition) is 5. The number of benzene rings is 2. The highest BCUT2D eigenvalue weighted by molar-refractivity contribution is 7.08. The topological polar surface area (TPSA) is 54.8 Å². The molecule has 39 heavy (non-hydrogen) atoms. The molecular weight excluding hydrogens is 513 g/mol. The number of rotatable bonds is 5. The number of aromatic nitrogens is 1. The molecule has 2 saturated heterocycles. The Morgan fingerprint density at radius 3 is 2.51 bits per heavy atom. The Labute approximate surface area is 231 Å². The second-order valence-electron chi connectivity index (χ2n) is 10.7. The van der Waals surface area contributed by atoms with Crippen LogP contribution < -0.4 is 0 Å². The van der Waals surface area contributed by atoms with E-state index in [2.05, 4.69) is 21.7 Å². The molecule has 6 nitrogen and oxygen atoms in total. The molecule has 6 rings (SSSR count). The summed E-state index contributed by atoms with van der Waals surface area (Å²) in [5.41, 5.74) is 3.62. The molecule has 0 radical (unpaired) electrons. The zero-order chi connectivity index (χ0) is 26.9. The van der Waals surface area contributed by atoms with Crippen molar-refractivity contribution >= 4 is 34.2 Å². The van der Waals surface area contributed by atoms with Crippen molar-refractivity contribution in [3.05, 3.63) is 94.1 Å². The molecule has 2 atom stereocenters. The lowest BCUT2D eigenvalue weighted by Crippen LogP contribution is -2.38. The Bertz CT molecular complexity index is 1460. The maximum Gasteiger partial charge on any atom is 0.418 e. The first kappa shape index (κ1) is 25.8. The SMILES string of the molecule is COC(=O)n1ccc2cccc(C(=O)N3C[C@@H](CN4CCC(c5ccc(F)cc5)CC4)[C@H](c4ccsc4)C3)c21. The highest BCUT2D eigenvalue weighted by atomic mass is 32.1. The van der Waals surface area contributed by atoms with Crippen LogP contribution in [0.25, 0.3) is 10.9 Å². The van der Waals surface area contributed by atoms with Gasteiger partial charge in [-0.1, -0.05) is 24.3 Å². The Hall–Kier alpha value is -3.49. The van der Waals surface area contributed by atoms with E-state index in [4.69, 9.17) is 4.74 Å². The minimum atomic E-state index is -0.510. The van der Waals surface area contributed by atoms with Crippen molar-refractivity contribution < 1.29 is 18.7 Å². The molecule has 8 heteroatoms. The second-order valence-corrected chi connectivity index (χ2v) is 11.4. The first-order valence-electron chi connectivity index (χ1n) is 13.5. The van der Waals surface area contributed by atoms with Crippen LogP contribution in [-0.2, 0) is 4.74 Å². The van der Waals surface area contributed by atoms with Crippen molar-refractivity contribution in [2.45, 2.75) is 24.7 Å². The van der Waals surface area contributed by atoms with E-state index in [0.717, 1.165) is 37.9 Å². The molecule has 0 unspecified atom stereocenters. The Balaban J connectivity index is 1.19. The van der Waals surface area contributed by atoms with E-state index < -0.39 is 6.09 Å². The van der Waals surface area contributed by atoms with Gasteiger partial charge in [0.25, 0.3) is 5.91 Å². The van der Waals surface area contributed by atoms with E-state index in [1.807, 2.05) is 35.2 Å². The number of carbonyl (C=O) groups excluding carboxylic acids is 2. The van der Waals surface area contributed by atoms with Crippen LogP contribution in [0.1, 0.15) is 46.2 Å². The number of ether oxygens (including phenoxy) is 1. The third-order valence-electron chi connectivity index (χ3n) is 8.43. The molecule has 4 aromatic rings. The summed E-state index contributed by atoms with van der Waals surface area (Å²) in [6, 6.07) is 16.5. The Morgan fingerprint density at radius 1 is 1.00 bits per heavy atom. The molecule has 0 bridgehead atoms. The van der Waals surface area contributed by atoms with Crippen LogP contribution in [-0.4, -0.2) is 66.2 Å². The highest BCUT2D eigenvalue weighted by Gasteiger charge is 2.38. The number of carbonyl (C=O) groups is 2. The Kier molecular flexibility index (Phi) is 7.23. The van der Waals surface area contributed by atoms with Gasteiger partial charge in [0.1, 0.15) is 5.82 Å². The van der Waals surface area contributed by atoms with Crippen molar-refractivity contribution in [2.24, 2.45) is 5.92 Å². The van der Waals surface area contributed by atoms with Crippen LogP contribution in [0.3, 0.4) is 0 Å². The zero-order valence-electron chi connectivity index (χ0n) is 22.0. The number of para-hydroxylation sites is 1. The summed E-state index contributed by atoms with van der Waals surface area (Å²) in [5, 5.41) is 5.14. The number of thiophene rings is 1. The molecule has 0 spiro atoms. The maximum absolute atomic E-state index is 13.9. The van der Waals surface area contributed by atoms with Crippen molar-refractivity contribution in [3.8, 4) is 0 Å². The lowest BCUT2D eigenvalue weighted by molar-refractivity contribution is 0.0783. The molecule has 0 saturated carbocycles. The van der Waals surface area contributed by atoms with Gasteiger partial charge < -0.3 is 14.5 Å². The molecule has 1 amide bonds. The molecular formula is C31H32FN3O3S. The van der Waals surface area contributed by atoms with Gasteiger partial charge in [-0.15, -0.1) is 0 Å². The van der Waals surface area contributed by atoms with Crippen molar-refractivity contribution in [1.82, 2.24) is 14.4 Å². The lowest BCUT2D eigenvalue weighted by atomic mass is 9.87. The number of halogens is 1.